The molecule has 150 valence electrons. The molecule has 0 unspecified atom stereocenters. The molecule has 0 saturated carbocycles. The van der Waals surface area contributed by atoms with Gasteiger partial charge >= 0.3 is 0 Å². The highest BCUT2D eigenvalue weighted by molar-refractivity contribution is 5.60. The molecule has 0 radical (unpaired) electrons. The summed E-state index contributed by atoms with van der Waals surface area (Å²) in [6.07, 6.45) is 0.880. The first kappa shape index (κ1) is 19.0. The fourth-order valence-electron chi connectivity index (χ4n) is 3.57. The zero-order valence-corrected chi connectivity index (χ0v) is 16.7. The zero-order valence-electron chi connectivity index (χ0n) is 16.7. The standard InChI is InChI=1S/C22H23FN4O2/c1-14-24-21(26-18-6-4-5-17(23)11-18)12-22(25-14)27-8-7-15-9-19(28-2)20(29-3)10-16(15)13-27/h4-6,9-12H,7-8,13H2,1-3H3,(H,24,25,26). The number of hydrogen-bond acceptors (Lipinski definition) is 6. The predicted octanol–water partition coefficient (Wildman–Crippen LogP) is 4.25. The van der Waals surface area contributed by atoms with Gasteiger partial charge in [-0.05, 0) is 54.8 Å². The van der Waals surface area contributed by atoms with Crippen molar-refractivity contribution >= 4 is 17.3 Å². The van der Waals surface area contributed by atoms with Crippen molar-refractivity contribution in [2.75, 3.05) is 31.0 Å². The van der Waals surface area contributed by atoms with Crippen LogP contribution in [0.1, 0.15) is 17.0 Å². The number of ether oxygens (including phenoxy) is 2. The van der Waals surface area contributed by atoms with Gasteiger partial charge in [-0.25, -0.2) is 14.4 Å². The van der Waals surface area contributed by atoms with E-state index < -0.39 is 0 Å². The van der Waals surface area contributed by atoms with Crippen LogP contribution in [0.3, 0.4) is 0 Å². The van der Waals surface area contributed by atoms with Gasteiger partial charge < -0.3 is 19.7 Å². The maximum atomic E-state index is 13.5. The van der Waals surface area contributed by atoms with E-state index in [2.05, 4.69) is 20.2 Å². The molecule has 6 nitrogen and oxygen atoms in total. The third-order valence-corrected chi connectivity index (χ3v) is 4.96. The molecule has 0 bridgehead atoms. The Hall–Kier alpha value is -3.35. The first-order valence-electron chi connectivity index (χ1n) is 9.42. The van der Waals surface area contributed by atoms with Crippen molar-refractivity contribution in [3.05, 3.63) is 65.2 Å². The average molecular weight is 394 g/mol. The molecule has 29 heavy (non-hydrogen) atoms. The summed E-state index contributed by atoms with van der Waals surface area (Å²) >= 11 is 0. The molecule has 1 N–H and O–H groups in total. The Morgan fingerprint density at radius 2 is 1.76 bits per heavy atom. The Morgan fingerprint density at radius 1 is 1.00 bits per heavy atom. The van der Waals surface area contributed by atoms with E-state index in [-0.39, 0.29) is 5.82 Å². The number of fused-ring (bicyclic) bond motifs is 1. The van der Waals surface area contributed by atoms with Crippen LogP contribution in [0.5, 0.6) is 11.5 Å². The van der Waals surface area contributed by atoms with Gasteiger partial charge in [-0.2, -0.15) is 0 Å². The Kier molecular flexibility index (Phi) is 5.20. The number of halogens is 1. The molecule has 3 aromatic rings. The van der Waals surface area contributed by atoms with Gasteiger partial charge in [0.25, 0.3) is 0 Å². The summed E-state index contributed by atoms with van der Waals surface area (Å²) in [7, 11) is 3.29. The molecule has 1 aliphatic heterocycles. The molecular weight excluding hydrogens is 371 g/mol. The average Bonchev–Trinajstić information content (AvgIpc) is 2.71. The van der Waals surface area contributed by atoms with Crippen molar-refractivity contribution in [3.63, 3.8) is 0 Å². The Labute approximate surface area is 169 Å². The number of methoxy groups -OCH3 is 2. The van der Waals surface area contributed by atoms with Crippen molar-refractivity contribution in [2.45, 2.75) is 19.9 Å². The minimum absolute atomic E-state index is 0.294. The van der Waals surface area contributed by atoms with Gasteiger partial charge in [0, 0.05) is 24.8 Å². The number of anilines is 3. The number of rotatable bonds is 5. The summed E-state index contributed by atoms with van der Waals surface area (Å²) < 4.78 is 24.3. The van der Waals surface area contributed by atoms with Crippen LogP contribution in [-0.4, -0.2) is 30.7 Å². The molecule has 7 heteroatoms. The lowest BCUT2D eigenvalue weighted by Crippen LogP contribution is -2.31. The quantitative estimate of drug-likeness (QED) is 0.698. The van der Waals surface area contributed by atoms with Crippen molar-refractivity contribution < 1.29 is 13.9 Å². The highest BCUT2D eigenvalue weighted by atomic mass is 19.1. The van der Waals surface area contributed by atoms with E-state index in [4.69, 9.17) is 9.47 Å². The molecule has 4 rings (SSSR count). The van der Waals surface area contributed by atoms with Gasteiger partial charge in [0.15, 0.2) is 11.5 Å². The van der Waals surface area contributed by atoms with Gasteiger partial charge in [0.2, 0.25) is 0 Å². The Balaban J connectivity index is 1.60. The maximum absolute atomic E-state index is 13.5. The number of nitrogens with zero attached hydrogens (tertiary/aromatic N) is 3. The smallest absolute Gasteiger partial charge is 0.161 e. The molecule has 0 amide bonds. The number of hydrogen-bond donors (Lipinski definition) is 1. The van der Waals surface area contributed by atoms with E-state index in [9.17, 15) is 4.39 Å². The van der Waals surface area contributed by atoms with Crippen LogP contribution < -0.4 is 19.7 Å². The second-order valence-corrected chi connectivity index (χ2v) is 6.94. The first-order valence-corrected chi connectivity index (χ1v) is 9.42. The van der Waals surface area contributed by atoms with Gasteiger partial charge in [-0.3, -0.25) is 0 Å². The van der Waals surface area contributed by atoms with Crippen molar-refractivity contribution in [1.29, 1.82) is 0 Å². The first-order chi connectivity index (χ1) is 14.1. The molecule has 1 aromatic heterocycles. The van der Waals surface area contributed by atoms with Crippen LogP contribution in [0, 0.1) is 12.7 Å². The molecule has 1 aliphatic rings. The van der Waals surface area contributed by atoms with Crippen LogP contribution in [0.2, 0.25) is 0 Å². The summed E-state index contributed by atoms with van der Waals surface area (Å²) in [5.41, 5.74) is 3.09. The lowest BCUT2D eigenvalue weighted by Gasteiger charge is -2.30. The Morgan fingerprint density at radius 3 is 2.48 bits per heavy atom. The van der Waals surface area contributed by atoms with Crippen LogP contribution in [0.15, 0.2) is 42.5 Å². The van der Waals surface area contributed by atoms with E-state index in [1.54, 1.807) is 26.4 Å². The third kappa shape index (κ3) is 4.08. The SMILES string of the molecule is COc1cc2c(cc1OC)CN(c1cc(Nc3cccc(F)c3)nc(C)n1)CC2. The Bertz CT molecular complexity index is 1040. The minimum atomic E-state index is -0.294. The predicted molar refractivity (Wildman–Crippen MR) is 111 cm³/mol. The van der Waals surface area contributed by atoms with Crippen LogP contribution in [0.25, 0.3) is 0 Å². The normalized spacial score (nSPS) is 13.0. The van der Waals surface area contributed by atoms with E-state index in [0.29, 0.717) is 23.9 Å². The molecular formula is C22H23FN4O2. The van der Waals surface area contributed by atoms with E-state index in [0.717, 1.165) is 30.3 Å². The van der Waals surface area contributed by atoms with Gasteiger partial charge in [-0.1, -0.05) is 6.07 Å². The second kappa shape index (κ2) is 7.95. The molecule has 0 atom stereocenters. The molecule has 0 fully saturated rings. The van der Waals surface area contributed by atoms with Gasteiger partial charge in [0.1, 0.15) is 23.3 Å². The van der Waals surface area contributed by atoms with E-state index in [1.165, 1.54) is 23.3 Å². The van der Waals surface area contributed by atoms with E-state index in [1.807, 2.05) is 25.1 Å². The van der Waals surface area contributed by atoms with E-state index >= 15 is 0 Å². The van der Waals surface area contributed by atoms with Crippen molar-refractivity contribution in [1.82, 2.24) is 9.97 Å². The monoisotopic (exact) mass is 394 g/mol. The summed E-state index contributed by atoms with van der Waals surface area (Å²) in [5.74, 6) is 3.30. The van der Waals surface area contributed by atoms with Crippen molar-refractivity contribution in [3.8, 4) is 11.5 Å². The molecule has 2 heterocycles. The highest BCUT2D eigenvalue weighted by Gasteiger charge is 2.21. The van der Waals surface area contributed by atoms with Crippen LogP contribution in [0.4, 0.5) is 21.7 Å². The summed E-state index contributed by atoms with van der Waals surface area (Å²) in [6, 6.07) is 12.3. The van der Waals surface area contributed by atoms with Crippen LogP contribution >= 0.6 is 0 Å². The topological polar surface area (TPSA) is 59.5 Å². The molecule has 2 aromatic carbocycles. The number of benzene rings is 2. The lowest BCUT2D eigenvalue weighted by molar-refractivity contribution is 0.353. The zero-order chi connectivity index (χ0) is 20.4. The van der Waals surface area contributed by atoms with Crippen LogP contribution in [-0.2, 0) is 13.0 Å². The largest absolute Gasteiger partial charge is 0.493 e. The lowest BCUT2D eigenvalue weighted by atomic mass is 9.99. The minimum Gasteiger partial charge on any atom is -0.493 e. The number of aryl methyl sites for hydroxylation is 1. The fraction of sp³-hybridized carbons (Fsp3) is 0.273. The molecule has 0 spiro atoms. The van der Waals surface area contributed by atoms with Crippen molar-refractivity contribution in [2.24, 2.45) is 0 Å². The molecule has 0 saturated heterocycles. The van der Waals surface area contributed by atoms with Gasteiger partial charge in [-0.15, -0.1) is 0 Å². The second-order valence-electron chi connectivity index (χ2n) is 6.94. The third-order valence-electron chi connectivity index (χ3n) is 4.96. The summed E-state index contributed by atoms with van der Waals surface area (Å²) in [5, 5.41) is 3.16. The highest BCUT2D eigenvalue weighted by Crippen LogP contribution is 2.34. The fourth-order valence-corrected chi connectivity index (χ4v) is 3.57. The molecule has 0 aliphatic carbocycles. The van der Waals surface area contributed by atoms with Gasteiger partial charge in [0.05, 0.1) is 14.2 Å². The number of aromatic nitrogens is 2. The summed E-state index contributed by atoms with van der Waals surface area (Å²) in [4.78, 5) is 11.3. The summed E-state index contributed by atoms with van der Waals surface area (Å²) in [6.45, 7) is 3.40. The number of nitrogens with one attached hydrogen (secondary N) is 1. The maximum Gasteiger partial charge on any atom is 0.161 e.